The van der Waals surface area contributed by atoms with Crippen molar-refractivity contribution < 1.29 is 4.79 Å². The fourth-order valence-electron chi connectivity index (χ4n) is 2.95. The largest absolute Gasteiger partial charge is 0.324 e. The van der Waals surface area contributed by atoms with Gasteiger partial charge in [0.05, 0.1) is 16.6 Å². The average molecular weight is 381 g/mol. The third kappa shape index (κ3) is 3.63. The highest BCUT2D eigenvalue weighted by Crippen LogP contribution is 2.22. The summed E-state index contributed by atoms with van der Waals surface area (Å²) in [4.78, 5) is 19.7. The van der Waals surface area contributed by atoms with Gasteiger partial charge < -0.3 is 10.3 Å². The fourth-order valence-corrected chi connectivity index (χ4v) is 3.17. The molecule has 3 aromatic rings. The molecule has 2 aromatic heterocycles. The van der Waals surface area contributed by atoms with Crippen LogP contribution in [0.4, 0.5) is 5.95 Å². The Labute approximate surface area is 155 Å². The topological polar surface area (TPSA) is 87.6 Å². The molecule has 1 saturated heterocycles. The van der Waals surface area contributed by atoms with Gasteiger partial charge in [-0.05, 0) is 37.6 Å². The molecule has 25 heavy (non-hydrogen) atoms. The number of imidazole rings is 1. The molecule has 3 N–H and O–H groups in total. The number of para-hydroxylation sites is 1. The van der Waals surface area contributed by atoms with Crippen LogP contribution in [-0.2, 0) is 0 Å². The molecule has 9 heteroatoms. The van der Waals surface area contributed by atoms with Crippen molar-refractivity contribution in [3.63, 3.8) is 0 Å². The maximum absolute atomic E-state index is 12.4. The molecule has 0 aliphatic carbocycles. The molecule has 1 aliphatic rings. The second kappa shape index (κ2) is 7.43. The first kappa shape index (κ1) is 17.7. The number of halogens is 2. The number of benzene rings is 1. The molecule has 7 nitrogen and oxygen atoms in total. The smallest absolute Gasteiger partial charge is 0.278 e. The third-order valence-corrected chi connectivity index (χ3v) is 4.49. The van der Waals surface area contributed by atoms with Crippen molar-refractivity contribution in [3.05, 3.63) is 41.2 Å². The Kier molecular flexibility index (Phi) is 5.27. The fraction of sp³-hybridized carbons (Fsp3) is 0.312. The predicted molar refractivity (Wildman–Crippen MR) is 99.7 cm³/mol. The number of aromatic amines is 1. The summed E-state index contributed by atoms with van der Waals surface area (Å²) in [5.74, 6) is 0.0599. The highest BCUT2D eigenvalue weighted by atomic mass is 35.5. The number of fused-ring (bicyclic) bond motifs is 1. The second-order valence-electron chi connectivity index (χ2n) is 5.86. The lowest BCUT2D eigenvalue weighted by molar-refractivity contribution is 0.102. The normalized spacial score (nSPS) is 17.2. The molecular weight excluding hydrogens is 363 g/mol. The van der Waals surface area contributed by atoms with E-state index in [0.717, 1.165) is 31.4 Å². The van der Waals surface area contributed by atoms with Crippen molar-refractivity contribution in [1.29, 1.82) is 0 Å². The molecule has 0 saturated carbocycles. The summed E-state index contributed by atoms with van der Waals surface area (Å²) in [6.07, 6.45) is 4.03. The lowest BCUT2D eigenvalue weighted by Gasteiger charge is -2.22. The first-order chi connectivity index (χ1) is 11.7. The van der Waals surface area contributed by atoms with Crippen LogP contribution in [0.25, 0.3) is 11.0 Å². The monoisotopic (exact) mass is 380 g/mol. The van der Waals surface area contributed by atoms with Gasteiger partial charge in [-0.3, -0.25) is 14.8 Å². The number of nitrogens with zero attached hydrogens (tertiary/aromatic N) is 3. The maximum atomic E-state index is 12.4. The van der Waals surface area contributed by atoms with Crippen molar-refractivity contribution in [2.45, 2.75) is 18.9 Å². The summed E-state index contributed by atoms with van der Waals surface area (Å²) in [5, 5.41) is 11.0. The molecule has 0 spiro atoms. The van der Waals surface area contributed by atoms with Gasteiger partial charge >= 0.3 is 0 Å². The molecule has 0 bridgehead atoms. The van der Waals surface area contributed by atoms with E-state index in [4.69, 9.17) is 11.6 Å². The van der Waals surface area contributed by atoms with E-state index in [1.165, 1.54) is 0 Å². The lowest BCUT2D eigenvalue weighted by atomic mass is 10.1. The third-order valence-electron chi connectivity index (χ3n) is 4.18. The lowest BCUT2D eigenvalue weighted by Crippen LogP contribution is -2.32. The SMILES string of the molecule is Cl.O=C(Nc1nc2c(Cl)cccc2[nH]1)c1ccn(C2CCCNC2)n1. The molecule has 1 unspecified atom stereocenters. The summed E-state index contributed by atoms with van der Waals surface area (Å²) >= 11 is 6.10. The second-order valence-corrected chi connectivity index (χ2v) is 6.26. The Morgan fingerprint density at radius 2 is 2.24 bits per heavy atom. The van der Waals surface area contributed by atoms with E-state index in [-0.39, 0.29) is 18.3 Å². The minimum absolute atomic E-state index is 0. The van der Waals surface area contributed by atoms with Crippen molar-refractivity contribution >= 4 is 46.9 Å². The van der Waals surface area contributed by atoms with Gasteiger partial charge in [-0.1, -0.05) is 17.7 Å². The van der Waals surface area contributed by atoms with Crippen molar-refractivity contribution in [3.8, 4) is 0 Å². The average Bonchev–Trinajstić information content (AvgIpc) is 3.23. The number of hydrogen-bond acceptors (Lipinski definition) is 4. The molecule has 3 heterocycles. The zero-order valence-corrected chi connectivity index (χ0v) is 14.9. The summed E-state index contributed by atoms with van der Waals surface area (Å²) in [5.41, 5.74) is 1.78. The summed E-state index contributed by atoms with van der Waals surface area (Å²) in [6.45, 7) is 1.92. The van der Waals surface area contributed by atoms with Gasteiger partial charge in [0.2, 0.25) is 5.95 Å². The highest BCUT2D eigenvalue weighted by molar-refractivity contribution is 6.35. The summed E-state index contributed by atoms with van der Waals surface area (Å²) in [7, 11) is 0. The van der Waals surface area contributed by atoms with Crippen LogP contribution < -0.4 is 10.6 Å². The van der Waals surface area contributed by atoms with Crippen LogP contribution in [0.1, 0.15) is 29.4 Å². The standard InChI is InChI=1S/C16H17ClN6O.ClH/c17-11-4-1-5-12-14(11)20-16(19-12)21-15(24)13-6-8-23(22-13)10-3-2-7-18-9-10;/h1,4-6,8,10,18H,2-3,7,9H2,(H2,19,20,21,24);1H. The number of aromatic nitrogens is 4. The first-order valence-corrected chi connectivity index (χ1v) is 8.30. The number of hydrogen-bond donors (Lipinski definition) is 3. The van der Waals surface area contributed by atoms with Gasteiger partial charge in [0.15, 0.2) is 5.69 Å². The Hall–Kier alpha value is -2.09. The number of amides is 1. The Morgan fingerprint density at radius 3 is 3.00 bits per heavy atom. The maximum Gasteiger partial charge on any atom is 0.278 e. The molecule has 4 rings (SSSR count). The number of nitrogens with one attached hydrogen (secondary N) is 3. The van der Waals surface area contributed by atoms with E-state index >= 15 is 0 Å². The first-order valence-electron chi connectivity index (χ1n) is 7.92. The number of piperidine rings is 1. The molecule has 1 amide bonds. The van der Waals surface area contributed by atoms with Crippen molar-refractivity contribution in [2.75, 3.05) is 18.4 Å². The van der Waals surface area contributed by atoms with Gasteiger partial charge in [-0.15, -0.1) is 12.4 Å². The van der Waals surface area contributed by atoms with E-state index in [2.05, 4.69) is 25.7 Å². The van der Waals surface area contributed by atoms with Gasteiger partial charge in [-0.25, -0.2) is 4.98 Å². The molecule has 1 fully saturated rings. The predicted octanol–water partition coefficient (Wildman–Crippen LogP) is 3.01. The molecule has 1 atom stereocenters. The number of carbonyl (C=O) groups excluding carboxylic acids is 1. The molecular formula is C16H18Cl2N6O. The van der Waals surface area contributed by atoms with E-state index in [0.29, 0.717) is 28.2 Å². The van der Waals surface area contributed by atoms with E-state index in [1.54, 1.807) is 12.1 Å². The van der Waals surface area contributed by atoms with Crippen molar-refractivity contribution in [2.24, 2.45) is 0 Å². The molecule has 132 valence electrons. The van der Waals surface area contributed by atoms with Crippen LogP contribution in [0.5, 0.6) is 0 Å². The minimum atomic E-state index is -0.298. The molecule has 1 aromatic carbocycles. The quantitative estimate of drug-likeness (QED) is 0.651. The summed E-state index contributed by atoms with van der Waals surface area (Å²) in [6, 6.07) is 7.46. The zero-order chi connectivity index (χ0) is 16.5. The highest BCUT2D eigenvalue weighted by Gasteiger charge is 2.18. The van der Waals surface area contributed by atoms with Gasteiger partial charge in [0.25, 0.3) is 5.91 Å². The van der Waals surface area contributed by atoms with Crippen molar-refractivity contribution in [1.82, 2.24) is 25.1 Å². The van der Waals surface area contributed by atoms with Crippen LogP contribution in [0.2, 0.25) is 5.02 Å². The Morgan fingerprint density at radius 1 is 1.36 bits per heavy atom. The minimum Gasteiger partial charge on any atom is -0.324 e. The number of H-pyrrole nitrogens is 1. The number of rotatable bonds is 3. The van der Waals surface area contributed by atoms with Crippen LogP contribution in [0.15, 0.2) is 30.5 Å². The van der Waals surface area contributed by atoms with Crippen LogP contribution >= 0.6 is 24.0 Å². The van der Waals surface area contributed by atoms with E-state index < -0.39 is 0 Å². The number of anilines is 1. The van der Waals surface area contributed by atoms with E-state index in [9.17, 15) is 4.79 Å². The molecule has 1 aliphatic heterocycles. The van der Waals surface area contributed by atoms with E-state index in [1.807, 2.05) is 23.0 Å². The summed E-state index contributed by atoms with van der Waals surface area (Å²) < 4.78 is 1.86. The van der Waals surface area contributed by atoms with Crippen LogP contribution in [-0.4, -0.2) is 38.7 Å². The Bertz CT molecular complexity index is 884. The number of carbonyl (C=O) groups is 1. The van der Waals surface area contributed by atoms with Crippen LogP contribution in [0, 0.1) is 0 Å². The van der Waals surface area contributed by atoms with Gasteiger partial charge in [-0.2, -0.15) is 5.10 Å². The van der Waals surface area contributed by atoms with Gasteiger partial charge in [0, 0.05) is 12.7 Å². The van der Waals surface area contributed by atoms with Crippen LogP contribution in [0.3, 0.4) is 0 Å². The zero-order valence-electron chi connectivity index (χ0n) is 13.3. The molecule has 0 radical (unpaired) electrons. The van der Waals surface area contributed by atoms with Gasteiger partial charge in [0.1, 0.15) is 5.52 Å². The Balaban J connectivity index is 0.00000182.